The molecule has 0 saturated heterocycles. The second kappa shape index (κ2) is 4.60. The first-order valence-electron chi connectivity index (χ1n) is 4.99. The van der Waals surface area contributed by atoms with Gasteiger partial charge >= 0.3 is 5.97 Å². The molecule has 0 saturated carbocycles. The van der Waals surface area contributed by atoms with E-state index in [0.717, 1.165) is 18.4 Å². The summed E-state index contributed by atoms with van der Waals surface area (Å²) < 4.78 is 5.21. The highest BCUT2D eigenvalue weighted by Crippen LogP contribution is 2.16. The van der Waals surface area contributed by atoms with Crippen molar-refractivity contribution in [3.05, 3.63) is 54.1 Å². The molecule has 0 spiro atoms. The smallest absolute Gasteiger partial charge is 0.339 e. The molecule has 2 nitrogen and oxygen atoms in total. The molecule has 0 amide bonds. The van der Waals surface area contributed by atoms with Crippen molar-refractivity contribution in [2.75, 3.05) is 0 Å². The molecule has 0 fully saturated rings. The van der Waals surface area contributed by atoms with E-state index in [1.807, 2.05) is 36.4 Å². The largest absolute Gasteiger partial charge is 0.423 e. The molecule has 0 aromatic heterocycles. The quantitative estimate of drug-likeness (QED) is 0.542. The van der Waals surface area contributed by atoms with Gasteiger partial charge in [0.2, 0.25) is 0 Å². The van der Waals surface area contributed by atoms with E-state index >= 15 is 0 Å². The Morgan fingerprint density at radius 1 is 1.20 bits per heavy atom. The normalized spacial score (nSPS) is 14.5. The number of allylic oxidation sites excluding steroid dienone is 3. The summed E-state index contributed by atoms with van der Waals surface area (Å²) in [7, 11) is 0. The van der Waals surface area contributed by atoms with E-state index in [-0.39, 0.29) is 5.97 Å². The Labute approximate surface area is 88.9 Å². The number of benzene rings is 1. The maximum Gasteiger partial charge on any atom is 0.339 e. The first-order valence-corrected chi connectivity index (χ1v) is 4.99. The van der Waals surface area contributed by atoms with E-state index in [0.29, 0.717) is 5.75 Å². The second-order valence-corrected chi connectivity index (χ2v) is 3.36. The van der Waals surface area contributed by atoms with Crippen molar-refractivity contribution in [1.82, 2.24) is 0 Å². The Morgan fingerprint density at radius 2 is 2.00 bits per heavy atom. The number of hydrogen-bond acceptors (Lipinski definition) is 2. The Hall–Kier alpha value is -1.83. The third kappa shape index (κ3) is 2.56. The van der Waals surface area contributed by atoms with Gasteiger partial charge in [-0.15, -0.1) is 0 Å². The Bertz CT molecular complexity index is 402. The molecule has 2 heteroatoms. The lowest BCUT2D eigenvalue weighted by molar-refractivity contribution is -0.130. The lowest BCUT2D eigenvalue weighted by Crippen LogP contribution is -2.11. The summed E-state index contributed by atoms with van der Waals surface area (Å²) in [5.41, 5.74) is 0.737. The summed E-state index contributed by atoms with van der Waals surface area (Å²) in [4.78, 5) is 11.6. The fraction of sp³-hybridized carbons (Fsp3) is 0.154. The van der Waals surface area contributed by atoms with Crippen LogP contribution < -0.4 is 4.74 Å². The van der Waals surface area contributed by atoms with E-state index in [9.17, 15) is 4.79 Å². The fourth-order valence-electron chi connectivity index (χ4n) is 1.43. The van der Waals surface area contributed by atoms with Crippen LogP contribution in [0.1, 0.15) is 12.8 Å². The zero-order valence-corrected chi connectivity index (χ0v) is 8.35. The molecule has 0 radical (unpaired) electrons. The average molecular weight is 200 g/mol. The van der Waals surface area contributed by atoms with Gasteiger partial charge in [0, 0.05) is 5.57 Å². The highest BCUT2D eigenvalue weighted by molar-refractivity contribution is 5.90. The number of hydrogen-bond donors (Lipinski definition) is 0. The monoisotopic (exact) mass is 200 g/mol. The van der Waals surface area contributed by atoms with Crippen LogP contribution in [0.25, 0.3) is 0 Å². The number of ether oxygens (including phenoxy) is 1. The molecule has 1 aromatic rings. The van der Waals surface area contributed by atoms with Gasteiger partial charge in [-0.25, -0.2) is 4.79 Å². The summed E-state index contributed by atoms with van der Waals surface area (Å²) in [6.45, 7) is 0. The molecular formula is C13H12O2. The highest BCUT2D eigenvalue weighted by Gasteiger charge is 2.11. The summed E-state index contributed by atoms with van der Waals surface area (Å²) >= 11 is 0. The molecular weight excluding hydrogens is 188 g/mol. The lowest BCUT2D eigenvalue weighted by Gasteiger charge is -2.08. The molecule has 15 heavy (non-hydrogen) atoms. The van der Waals surface area contributed by atoms with Gasteiger partial charge in [0.1, 0.15) is 5.75 Å². The maximum absolute atomic E-state index is 11.6. The van der Waals surface area contributed by atoms with Crippen LogP contribution >= 0.6 is 0 Å². The maximum atomic E-state index is 11.6. The molecule has 1 aliphatic rings. The third-order valence-corrected chi connectivity index (χ3v) is 2.23. The average Bonchev–Trinajstić information content (AvgIpc) is 2.31. The lowest BCUT2D eigenvalue weighted by atomic mass is 10.1. The van der Waals surface area contributed by atoms with E-state index in [2.05, 4.69) is 0 Å². The van der Waals surface area contributed by atoms with Crippen molar-refractivity contribution < 1.29 is 9.53 Å². The molecule has 2 rings (SSSR count). The summed E-state index contributed by atoms with van der Waals surface area (Å²) in [6, 6.07) is 9.13. The summed E-state index contributed by atoms with van der Waals surface area (Å²) in [6.07, 6.45) is 7.43. The highest BCUT2D eigenvalue weighted by atomic mass is 16.5. The minimum atomic E-state index is -0.245. The van der Waals surface area contributed by atoms with E-state index in [1.165, 1.54) is 0 Å². The number of carbonyl (C=O) groups is 1. The Morgan fingerprint density at radius 3 is 2.67 bits per heavy atom. The van der Waals surface area contributed by atoms with Crippen LogP contribution in [0.2, 0.25) is 0 Å². The van der Waals surface area contributed by atoms with Crippen molar-refractivity contribution in [3.8, 4) is 5.75 Å². The summed E-state index contributed by atoms with van der Waals surface area (Å²) in [5, 5.41) is 0. The number of rotatable bonds is 2. The number of esters is 1. The Balaban J connectivity index is 2.04. The summed E-state index contributed by atoms with van der Waals surface area (Å²) in [5.74, 6) is 0.350. The predicted octanol–water partition coefficient (Wildman–Crippen LogP) is 2.87. The fourth-order valence-corrected chi connectivity index (χ4v) is 1.43. The molecule has 1 aliphatic carbocycles. The van der Waals surface area contributed by atoms with Crippen molar-refractivity contribution >= 4 is 5.97 Å². The first kappa shape index (κ1) is 9.71. The predicted molar refractivity (Wildman–Crippen MR) is 58.5 cm³/mol. The van der Waals surface area contributed by atoms with Gasteiger partial charge in [-0.05, 0) is 25.0 Å². The first-order chi connectivity index (χ1) is 7.36. The van der Waals surface area contributed by atoms with Crippen molar-refractivity contribution in [2.24, 2.45) is 0 Å². The topological polar surface area (TPSA) is 26.3 Å². The van der Waals surface area contributed by atoms with E-state index < -0.39 is 0 Å². The number of carbonyl (C=O) groups excluding carboxylic acids is 1. The molecule has 76 valence electrons. The van der Waals surface area contributed by atoms with Gasteiger partial charge in [-0.1, -0.05) is 36.4 Å². The van der Waals surface area contributed by atoms with Crippen LogP contribution in [0.15, 0.2) is 54.1 Å². The zero-order chi connectivity index (χ0) is 10.5. The molecule has 0 bridgehead atoms. The van der Waals surface area contributed by atoms with Crippen molar-refractivity contribution in [1.29, 1.82) is 0 Å². The minimum Gasteiger partial charge on any atom is -0.423 e. The van der Waals surface area contributed by atoms with Crippen LogP contribution in [0.4, 0.5) is 0 Å². The second-order valence-electron chi connectivity index (χ2n) is 3.36. The molecule has 0 atom stereocenters. The van der Waals surface area contributed by atoms with Crippen molar-refractivity contribution in [3.63, 3.8) is 0 Å². The van der Waals surface area contributed by atoms with Crippen LogP contribution in [0, 0.1) is 0 Å². The van der Waals surface area contributed by atoms with Gasteiger partial charge < -0.3 is 4.74 Å². The van der Waals surface area contributed by atoms with Gasteiger partial charge in [-0.3, -0.25) is 0 Å². The number of para-hydroxylation sites is 1. The SMILES string of the molecule is O=C(Oc1ccccc1)C1=CC=CCC1. The minimum absolute atomic E-state index is 0.245. The van der Waals surface area contributed by atoms with Crippen LogP contribution in [0.5, 0.6) is 5.75 Å². The van der Waals surface area contributed by atoms with Gasteiger partial charge in [-0.2, -0.15) is 0 Å². The molecule has 0 aliphatic heterocycles. The standard InChI is InChI=1S/C13H12O2/c14-13(11-7-3-1-4-8-11)15-12-9-5-2-6-10-12/h1-3,5-7,9-10H,4,8H2. The van der Waals surface area contributed by atoms with Gasteiger partial charge in [0.15, 0.2) is 0 Å². The van der Waals surface area contributed by atoms with E-state index in [4.69, 9.17) is 4.74 Å². The zero-order valence-electron chi connectivity index (χ0n) is 8.35. The van der Waals surface area contributed by atoms with Crippen LogP contribution in [0.3, 0.4) is 0 Å². The van der Waals surface area contributed by atoms with E-state index in [1.54, 1.807) is 12.1 Å². The van der Waals surface area contributed by atoms with Crippen molar-refractivity contribution in [2.45, 2.75) is 12.8 Å². The van der Waals surface area contributed by atoms with Crippen LogP contribution in [-0.2, 0) is 4.79 Å². The molecule has 0 heterocycles. The molecule has 0 N–H and O–H groups in total. The van der Waals surface area contributed by atoms with Crippen LogP contribution in [-0.4, -0.2) is 5.97 Å². The Kier molecular flexibility index (Phi) is 2.98. The third-order valence-electron chi connectivity index (χ3n) is 2.23. The molecule has 1 aromatic carbocycles. The van der Waals surface area contributed by atoms with Gasteiger partial charge in [0.25, 0.3) is 0 Å². The van der Waals surface area contributed by atoms with Gasteiger partial charge in [0.05, 0.1) is 0 Å². The molecule has 0 unspecified atom stereocenters.